The van der Waals surface area contributed by atoms with E-state index in [0.717, 1.165) is 41.9 Å². The molecule has 0 radical (unpaired) electrons. The molecule has 0 aliphatic carbocycles. The average molecular weight is 433 g/mol. The van der Waals surface area contributed by atoms with E-state index in [2.05, 4.69) is 51.9 Å². The van der Waals surface area contributed by atoms with Crippen molar-refractivity contribution in [2.24, 2.45) is 0 Å². The molecule has 0 N–H and O–H groups in total. The zero-order valence-corrected chi connectivity index (χ0v) is 17.4. The van der Waals surface area contributed by atoms with Gasteiger partial charge in [0.25, 0.3) is 5.91 Å². The molecule has 4 rings (SSSR count). The highest BCUT2D eigenvalue weighted by Gasteiger charge is 2.28. The second kappa shape index (κ2) is 7.73. The van der Waals surface area contributed by atoms with Gasteiger partial charge < -0.3 is 9.64 Å². The molecule has 1 unspecified atom stereocenters. The van der Waals surface area contributed by atoms with E-state index in [1.54, 1.807) is 0 Å². The van der Waals surface area contributed by atoms with Crippen molar-refractivity contribution < 1.29 is 9.53 Å². The van der Waals surface area contributed by atoms with Crippen molar-refractivity contribution in [2.45, 2.75) is 39.1 Å². The van der Waals surface area contributed by atoms with Gasteiger partial charge in [0.1, 0.15) is 6.10 Å². The third-order valence-corrected chi connectivity index (χ3v) is 5.96. The van der Waals surface area contributed by atoms with Gasteiger partial charge in [0.2, 0.25) is 0 Å². The summed E-state index contributed by atoms with van der Waals surface area (Å²) in [7, 11) is 0. The van der Waals surface area contributed by atoms with Gasteiger partial charge in [-0.3, -0.25) is 14.4 Å². The summed E-state index contributed by atoms with van der Waals surface area (Å²) in [5.74, 6) is 0.0282. The quantitative estimate of drug-likeness (QED) is 0.747. The van der Waals surface area contributed by atoms with Crippen LogP contribution in [-0.4, -0.2) is 57.7 Å². The lowest BCUT2D eigenvalue weighted by Crippen LogP contribution is -2.50. The number of rotatable bonds is 3. The van der Waals surface area contributed by atoms with Crippen molar-refractivity contribution in [3.63, 3.8) is 0 Å². The molecule has 1 saturated heterocycles. The van der Waals surface area contributed by atoms with E-state index in [4.69, 9.17) is 4.74 Å². The van der Waals surface area contributed by atoms with Gasteiger partial charge in [-0.25, -0.2) is 0 Å². The zero-order chi connectivity index (χ0) is 19.0. The first-order valence-electron chi connectivity index (χ1n) is 9.48. The summed E-state index contributed by atoms with van der Waals surface area (Å²) in [5, 5.41) is 4.60. The highest BCUT2D eigenvalue weighted by atomic mass is 79.9. The second-order valence-electron chi connectivity index (χ2n) is 7.48. The number of nitrogens with zero attached hydrogens (tertiary/aromatic N) is 4. The number of hydrogen-bond acceptors (Lipinski definition) is 4. The zero-order valence-electron chi connectivity index (χ0n) is 15.8. The van der Waals surface area contributed by atoms with Crippen LogP contribution in [0.5, 0.6) is 0 Å². The van der Waals surface area contributed by atoms with E-state index in [0.29, 0.717) is 24.9 Å². The van der Waals surface area contributed by atoms with Gasteiger partial charge in [0.15, 0.2) is 5.69 Å². The SMILES string of the molecule is CC(C)N1CCN(C(=O)c2cc3n(n2)CC(c2ccc(Br)cc2)OC3)CC1. The van der Waals surface area contributed by atoms with Crippen LogP contribution in [0.25, 0.3) is 0 Å². The van der Waals surface area contributed by atoms with E-state index in [9.17, 15) is 4.79 Å². The minimum Gasteiger partial charge on any atom is -0.365 e. The molecule has 2 aliphatic rings. The van der Waals surface area contributed by atoms with Crippen LogP contribution in [0.2, 0.25) is 0 Å². The number of fused-ring (bicyclic) bond motifs is 1. The summed E-state index contributed by atoms with van der Waals surface area (Å²) in [5.41, 5.74) is 2.62. The highest BCUT2D eigenvalue weighted by Crippen LogP contribution is 2.27. The van der Waals surface area contributed by atoms with Gasteiger partial charge in [-0.2, -0.15) is 5.10 Å². The molecule has 1 aromatic carbocycles. The van der Waals surface area contributed by atoms with E-state index in [1.807, 2.05) is 27.8 Å². The molecule has 0 bridgehead atoms. The molecular weight excluding hydrogens is 408 g/mol. The number of amides is 1. The van der Waals surface area contributed by atoms with Crippen LogP contribution < -0.4 is 0 Å². The number of hydrogen-bond donors (Lipinski definition) is 0. The molecule has 0 spiro atoms. The summed E-state index contributed by atoms with van der Waals surface area (Å²) in [6.45, 7) is 8.87. The van der Waals surface area contributed by atoms with Gasteiger partial charge in [0, 0.05) is 36.7 Å². The van der Waals surface area contributed by atoms with E-state index >= 15 is 0 Å². The predicted molar refractivity (Wildman–Crippen MR) is 107 cm³/mol. The molecule has 3 heterocycles. The minimum absolute atomic E-state index is 0.0282. The van der Waals surface area contributed by atoms with Crippen LogP contribution in [0.1, 0.15) is 41.7 Å². The Morgan fingerprint density at radius 3 is 2.56 bits per heavy atom. The number of benzene rings is 1. The molecule has 7 heteroatoms. The van der Waals surface area contributed by atoms with Crippen molar-refractivity contribution in [1.82, 2.24) is 19.6 Å². The molecule has 2 aromatic rings. The first-order valence-corrected chi connectivity index (χ1v) is 10.3. The third kappa shape index (κ3) is 3.95. The Morgan fingerprint density at radius 2 is 1.89 bits per heavy atom. The van der Waals surface area contributed by atoms with Crippen molar-refractivity contribution >= 4 is 21.8 Å². The first-order chi connectivity index (χ1) is 13.0. The fraction of sp³-hybridized carbons (Fsp3) is 0.500. The molecule has 1 atom stereocenters. The van der Waals surface area contributed by atoms with E-state index in [1.165, 1.54) is 0 Å². The maximum absolute atomic E-state index is 12.9. The summed E-state index contributed by atoms with van der Waals surface area (Å²) >= 11 is 3.46. The third-order valence-electron chi connectivity index (χ3n) is 5.43. The van der Waals surface area contributed by atoms with E-state index in [-0.39, 0.29) is 12.0 Å². The van der Waals surface area contributed by atoms with Crippen LogP contribution in [0.4, 0.5) is 0 Å². The molecule has 2 aliphatic heterocycles. The van der Waals surface area contributed by atoms with Gasteiger partial charge in [-0.1, -0.05) is 28.1 Å². The number of ether oxygens (including phenoxy) is 1. The fourth-order valence-electron chi connectivity index (χ4n) is 3.71. The Kier molecular flexibility index (Phi) is 5.34. The Bertz CT molecular complexity index is 810. The average Bonchev–Trinajstić information content (AvgIpc) is 3.11. The molecule has 144 valence electrons. The number of aromatic nitrogens is 2. The van der Waals surface area contributed by atoms with Gasteiger partial charge in [-0.05, 0) is 37.6 Å². The summed E-state index contributed by atoms with van der Waals surface area (Å²) in [6.07, 6.45) is -0.0389. The van der Waals surface area contributed by atoms with Crippen LogP contribution in [0.3, 0.4) is 0 Å². The molecule has 1 aromatic heterocycles. The minimum atomic E-state index is -0.0389. The number of halogens is 1. The molecule has 27 heavy (non-hydrogen) atoms. The van der Waals surface area contributed by atoms with Crippen LogP contribution in [-0.2, 0) is 17.9 Å². The van der Waals surface area contributed by atoms with E-state index < -0.39 is 0 Å². The number of carbonyl (C=O) groups is 1. The maximum atomic E-state index is 12.9. The topological polar surface area (TPSA) is 50.6 Å². The van der Waals surface area contributed by atoms with Crippen molar-refractivity contribution in [1.29, 1.82) is 0 Å². The van der Waals surface area contributed by atoms with Crippen LogP contribution >= 0.6 is 15.9 Å². The summed E-state index contributed by atoms with van der Waals surface area (Å²) in [6, 6.07) is 10.6. The van der Waals surface area contributed by atoms with Crippen molar-refractivity contribution in [3.8, 4) is 0 Å². The lowest BCUT2D eigenvalue weighted by molar-refractivity contribution is -0.00123. The second-order valence-corrected chi connectivity index (χ2v) is 8.39. The number of piperazine rings is 1. The van der Waals surface area contributed by atoms with Gasteiger partial charge in [-0.15, -0.1) is 0 Å². The lowest BCUT2D eigenvalue weighted by Gasteiger charge is -2.36. The monoisotopic (exact) mass is 432 g/mol. The predicted octanol–water partition coefficient (Wildman–Crippen LogP) is 3.08. The fourth-order valence-corrected chi connectivity index (χ4v) is 3.98. The Hall–Kier alpha value is -1.70. The highest BCUT2D eigenvalue weighted by molar-refractivity contribution is 9.10. The van der Waals surface area contributed by atoms with Crippen LogP contribution in [0, 0.1) is 0 Å². The number of carbonyl (C=O) groups excluding carboxylic acids is 1. The maximum Gasteiger partial charge on any atom is 0.274 e. The summed E-state index contributed by atoms with van der Waals surface area (Å²) in [4.78, 5) is 17.2. The van der Waals surface area contributed by atoms with Crippen molar-refractivity contribution in [2.75, 3.05) is 26.2 Å². The Morgan fingerprint density at radius 1 is 1.19 bits per heavy atom. The Labute approximate surface area is 168 Å². The van der Waals surface area contributed by atoms with Crippen LogP contribution in [0.15, 0.2) is 34.8 Å². The molecule has 1 amide bonds. The first kappa shape index (κ1) is 18.7. The Balaban J connectivity index is 1.44. The summed E-state index contributed by atoms with van der Waals surface area (Å²) < 4.78 is 8.97. The molecule has 6 nitrogen and oxygen atoms in total. The molecular formula is C20H25BrN4O2. The van der Waals surface area contributed by atoms with Gasteiger partial charge >= 0.3 is 0 Å². The smallest absolute Gasteiger partial charge is 0.274 e. The van der Waals surface area contributed by atoms with Gasteiger partial charge in [0.05, 0.1) is 18.8 Å². The standard InChI is InChI=1S/C20H25BrN4O2/c1-14(2)23-7-9-24(10-8-23)20(26)18-11-17-13-27-19(12-25(17)22-18)15-3-5-16(21)6-4-15/h3-6,11,14,19H,7-10,12-13H2,1-2H3. The largest absolute Gasteiger partial charge is 0.365 e. The molecule has 1 fully saturated rings. The normalized spacial score (nSPS) is 20.7. The molecule has 0 saturated carbocycles. The van der Waals surface area contributed by atoms with Crippen molar-refractivity contribution in [3.05, 3.63) is 51.8 Å². The lowest BCUT2D eigenvalue weighted by atomic mass is 10.1.